The Morgan fingerprint density at radius 3 is 2.94 bits per heavy atom. The fourth-order valence-corrected chi connectivity index (χ4v) is 2.46. The number of nitrogens with zero attached hydrogens (tertiary/aromatic N) is 3. The Kier molecular flexibility index (Phi) is 4.78. The number of hydrogen-bond donors (Lipinski definition) is 1. The number of rotatable bonds is 6. The first kappa shape index (κ1) is 13.1. The van der Waals surface area contributed by atoms with Crippen molar-refractivity contribution in [1.82, 2.24) is 20.5 Å². The Hall–Kier alpha value is -1.33. The largest absolute Gasteiger partial charge is 0.315 e. The minimum atomic E-state index is 0.547. The molecule has 2 heterocycles. The second kappa shape index (κ2) is 6.56. The fraction of sp³-hybridized carbons (Fsp3) is 0.462. The van der Waals surface area contributed by atoms with Gasteiger partial charge in [0.25, 0.3) is 0 Å². The van der Waals surface area contributed by atoms with E-state index in [0.29, 0.717) is 6.04 Å². The van der Waals surface area contributed by atoms with Crippen LogP contribution in [-0.4, -0.2) is 27.8 Å². The van der Waals surface area contributed by atoms with Gasteiger partial charge in [0, 0.05) is 30.4 Å². The monoisotopic (exact) mass is 262 g/mol. The lowest BCUT2D eigenvalue weighted by atomic mass is 10.3. The van der Waals surface area contributed by atoms with Crippen molar-refractivity contribution in [1.29, 1.82) is 0 Å². The molecular formula is C13H18N4S. The first-order valence-electron chi connectivity index (χ1n) is 6.22. The highest BCUT2D eigenvalue weighted by atomic mass is 32.1. The number of hydrogen-bond acceptors (Lipinski definition) is 5. The molecule has 5 heteroatoms. The van der Waals surface area contributed by atoms with Crippen LogP contribution in [0.2, 0.25) is 0 Å². The van der Waals surface area contributed by atoms with Crippen LogP contribution in [-0.2, 0) is 6.42 Å². The second-order valence-corrected chi connectivity index (χ2v) is 5.52. The van der Waals surface area contributed by atoms with Crippen LogP contribution in [0.15, 0.2) is 24.5 Å². The average Bonchev–Trinajstić information content (AvgIpc) is 2.84. The van der Waals surface area contributed by atoms with Gasteiger partial charge >= 0.3 is 0 Å². The lowest BCUT2D eigenvalue weighted by Gasteiger charge is -2.05. The summed E-state index contributed by atoms with van der Waals surface area (Å²) >= 11 is 1.65. The molecule has 18 heavy (non-hydrogen) atoms. The third-order valence-electron chi connectivity index (χ3n) is 2.50. The lowest BCUT2D eigenvalue weighted by molar-refractivity contribution is 0.569. The van der Waals surface area contributed by atoms with Gasteiger partial charge in [-0.2, -0.15) is 0 Å². The van der Waals surface area contributed by atoms with Crippen LogP contribution in [0.4, 0.5) is 0 Å². The van der Waals surface area contributed by atoms with Crippen molar-refractivity contribution in [2.24, 2.45) is 0 Å². The number of aryl methyl sites for hydroxylation is 1. The van der Waals surface area contributed by atoms with E-state index < -0.39 is 0 Å². The molecule has 0 radical (unpaired) electrons. The third-order valence-corrected chi connectivity index (χ3v) is 3.53. The van der Waals surface area contributed by atoms with Crippen molar-refractivity contribution < 1.29 is 0 Å². The highest BCUT2D eigenvalue weighted by Gasteiger charge is 2.06. The topological polar surface area (TPSA) is 50.7 Å². The van der Waals surface area contributed by atoms with Crippen molar-refractivity contribution in [2.75, 3.05) is 6.54 Å². The second-order valence-electron chi connectivity index (χ2n) is 4.46. The highest BCUT2D eigenvalue weighted by molar-refractivity contribution is 7.14. The van der Waals surface area contributed by atoms with E-state index in [-0.39, 0.29) is 0 Å². The molecule has 0 spiro atoms. The zero-order valence-electron chi connectivity index (χ0n) is 10.8. The van der Waals surface area contributed by atoms with Gasteiger partial charge in [-0.3, -0.25) is 4.98 Å². The summed E-state index contributed by atoms with van der Waals surface area (Å²) in [5.74, 6) is 0. The Morgan fingerprint density at radius 2 is 2.22 bits per heavy atom. The molecule has 0 atom stereocenters. The first-order valence-corrected chi connectivity index (χ1v) is 7.03. The van der Waals surface area contributed by atoms with E-state index in [9.17, 15) is 0 Å². The Bertz CT molecular complexity index is 467. The molecule has 0 aliphatic rings. The zero-order chi connectivity index (χ0) is 12.8. The van der Waals surface area contributed by atoms with Crippen LogP contribution < -0.4 is 5.32 Å². The van der Waals surface area contributed by atoms with E-state index in [1.165, 1.54) is 0 Å². The smallest absolute Gasteiger partial charge is 0.149 e. The van der Waals surface area contributed by atoms with Gasteiger partial charge in [-0.25, -0.2) is 0 Å². The van der Waals surface area contributed by atoms with Crippen molar-refractivity contribution in [3.05, 3.63) is 29.5 Å². The predicted octanol–water partition coefficient (Wildman–Crippen LogP) is 2.53. The SMILES string of the molecule is CC(C)NCCCc1nnc(-c2cccnc2)s1. The van der Waals surface area contributed by atoms with E-state index in [1.807, 2.05) is 18.3 Å². The molecule has 0 aromatic carbocycles. The van der Waals surface area contributed by atoms with Crippen LogP contribution in [0.1, 0.15) is 25.3 Å². The van der Waals surface area contributed by atoms with Crippen LogP contribution in [0, 0.1) is 0 Å². The van der Waals surface area contributed by atoms with Crippen molar-refractivity contribution in [3.8, 4) is 10.6 Å². The summed E-state index contributed by atoms with van der Waals surface area (Å²) in [5, 5.41) is 13.9. The van der Waals surface area contributed by atoms with Gasteiger partial charge in [0.2, 0.25) is 0 Å². The molecule has 0 fully saturated rings. The minimum absolute atomic E-state index is 0.547. The molecule has 0 aliphatic heterocycles. The standard InChI is InChI=1S/C13H18N4S/c1-10(2)15-8-4-6-12-16-17-13(18-12)11-5-3-7-14-9-11/h3,5,7,9-10,15H,4,6,8H2,1-2H3. The minimum Gasteiger partial charge on any atom is -0.315 e. The van der Waals surface area contributed by atoms with E-state index in [2.05, 4.69) is 34.3 Å². The fourth-order valence-electron chi connectivity index (χ4n) is 1.59. The maximum atomic E-state index is 4.22. The lowest BCUT2D eigenvalue weighted by Crippen LogP contribution is -2.23. The van der Waals surface area contributed by atoms with Crippen molar-refractivity contribution in [3.63, 3.8) is 0 Å². The molecule has 2 rings (SSSR count). The van der Waals surface area contributed by atoms with Gasteiger partial charge in [-0.15, -0.1) is 10.2 Å². The summed E-state index contributed by atoms with van der Waals surface area (Å²) in [6.07, 6.45) is 5.67. The molecule has 1 N–H and O–H groups in total. The molecule has 0 saturated heterocycles. The summed E-state index contributed by atoms with van der Waals surface area (Å²) in [4.78, 5) is 4.09. The summed E-state index contributed by atoms with van der Waals surface area (Å²) in [5.41, 5.74) is 1.04. The maximum absolute atomic E-state index is 4.22. The molecule has 0 aliphatic carbocycles. The molecule has 0 bridgehead atoms. The molecule has 0 saturated carbocycles. The highest BCUT2D eigenvalue weighted by Crippen LogP contribution is 2.22. The van der Waals surface area contributed by atoms with Gasteiger partial charge in [0.15, 0.2) is 0 Å². The molecule has 0 amide bonds. The summed E-state index contributed by atoms with van der Waals surface area (Å²) in [6.45, 7) is 5.34. The Labute approximate surface area is 111 Å². The van der Waals surface area contributed by atoms with Gasteiger partial charge in [0.05, 0.1) is 0 Å². The zero-order valence-corrected chi connectivity index (χ0v) is 11.6. The van der Waals surface area contributed by atoms with Gasteiger partial charge in [-0.1, -0.05) is 25.2 Å². The van der Waals surface area contributed by atoms with E-state index >= 15 is 0 Å². The predicted molar refractivity (Wildman–Crippen MR) is 74.6 cm³/mol. The summed E-state index contributed by atoms with van der Waals surface area (Å²) in [6, 6.07) is 4.48. The van der Waals surface area contributed by atoms with Gasteiger partial charge in [-0.05, 0) is 25.1 Å². The number of nitrogens with one attached hydrogen (secondary N) is 1. The normalized spacial score (nSPS) is 11.1. The molecule has 0 unspecified atom stereocenters. The molecular weight excluding hydrogens is 244 g/mol. The van der Waals surface area contributed by atoms with Crippen LogP contribution in [0.25, 0.3) is 10.6 Å². The number of pyridine rings is 1. The van der Waals surface area contributed by atoms with Crippen molar-refractivity contribution >= 4 is 11.3 Å². The van der Waals surface area contributed by atoms with E-state index in [4.69, 9.17) is 0 Å². The van der Waals surface area contributed by atoms with Crippen LogP contribution in [0.3, 0.4) is 0 Å². The average molecular weight is 262 g/mol. The summed E-state index contributed by atoms with van der Waals surface area (Å²) in [7, 11) is 0. The van der Waals surface area contributed by atoms with E-state index in [0.717, 1.165) is 35.0 Å². The first-order chi connectivity index (χ1) is 8.75. The van der Waals surface area contributed by atoms with Crippen molar-refractivity contribution in [2.45, 2.75) is 32.7 Å². The van der Waals surface area contributed by atoms with Crippen LogP contribution in [0.5, 0.6) is 0 Å². The van der Waals surface area contributed by atoms with E-state index in [1.54, 1.807) is 17.5 Å². The third kappa shape index (κ3) is 3.85. The van der Waals surface area contributed by atoms with Gasteiger partial charge in [0.1, 0.15) is 10.0 Å². The van der Waals surface area contributed by atoms with Gasteiger partial charge < -0.3 is 5.32 Å². The number of aromatic nitrogens is 3. The summed E-state index contributed by atoms with van der Waals surface area (Å²) < 4.78 is 0. The molecule has 96 valence electrons. The van der Waals surface area contributed by atoms with Crippen LogP contribution >= 0.6 is 11.3 Å². The quantitative estimate of drug-likeness (QED) is 0.813. The Balaban J connectivity index is 1.87. The molecule has 2 aromatic heterocycles. The Morgan fingerprint density at radius 1 is 1.33 bits per heavy atom. The molecule has 2 aromatic rings. The maximum Gasteiger partial charge on any atom is 0.149 e. The molecule has 4 nitrogen and oxygen atoms in total.